The van der Waals surface area contributed by atoms with E-state index in [4.69, 9.17) is 10.2 Å². The molecule has 1 aliphatic rings. The average molecular weight is 242 g/mol. The first-order chi connectivity index (χ1) is 7.21. The minimum Gasteiger partial charge on any atom is -0.465 e. The Morgan fingerprint density at radius 2 is 1.88 bits per heavy atom. The summed E-state index contributed by atoms with van der Waals surface area (Å²) in [7, 11) is 0. The van der Waals surface area contributed by atoms with Crippen molar-refractivity contribution in [1.82, 2.24) is 10.2 Å². The number of amides is 2. The van der Waals surface area contributed by atoms with Gasteiger partial charge in [-0.25, -0.2) is 4.79 Å². The Hall–Kier alpha value is -1.51. The third kappa shape index (κ3) is 2.75. The Morgan fingerprint density at radius 3 is 2.19 bits per heavy atom. The Bertz CT molecular complexity index is 300. The molecule has 0 aromatic heterocycles. The summed E-state index contributed by atoms with van der Waals surface area (Å²) in [5.74, 6) is -1.40. The Labute approximate surface area is 87.6 Å². The number of halogens is 3. The second-order valence-electron chi connectivity index (χ2n) is 3.32. The highest BCUT2D eigenvalue weighted by Crippen LogP contribution is 2.23. The van der Waals surface area contributed by atoms with Gasteiger partial charge in [-0.15, -0.1) is 0 Å². The molecule has 0 aromatic rings. The van der Waals surface area contributed by atoms with Crippen LogP contribution in [-0.4, -0.2) is 58.5 Å². The highest BCUT2D eigenvalue weighted by Gasteiger charge is 2.49. The van der Waals surface area contributed by atoms with Crippen LogP contribution in [0, 0.1) is 0 Å². The van der Waals surface area contributed by atoms with Crippen LogP contribution < -0.4 is 5.32 Å². The molecule has 6 nitrogen and oxygen atoms in total. The fourth-order valence-corrected chi connectivity index (χ4v) is 1.22. The van der Waals surface area contributed by atoms with Gasteiger partial charge < -0.3 is 20.4 Å². The summed E-state index contributed by atoms with van der Waals surface area (Å²) in [5.41, 5.74) is 0. The van der Waals surface area contributed by atoms with Crippen LogP contribution in [0.2, 0.25) is 0 Å². The Kier molecular flexibility index (Phi) is 3.27. The molecule has 1 saturated heterocycles. The van der Waals surface area contributed by atoms with E-state index in [1.807, 2.05) is 0 Å². The molecule has 0 aromatic carbocycles. The van der Waals surface area contributed by atoms with Crippen molar-refractivity contribution in [2.24, 2.45) is 0 Å². The van der Waals surface area contributed by atoms with Gasteiger partial charge in [0.15, 0.2) is 0 Å². The second-order valence-corrected chi connectivity index (χ2v) is 3.32. The van der Waals surface area contributed by atoms with Crippen molar-refractivity contribution in [3.8, 4) is 0 Å². The van der Waals surface area contributed by atoms with Gasteiger partial charge in [0.25, 0.3) is 5.91 Å². The summed E-state index contributed by atoms with van der Waals surface area (Å²) < 4.78 is 36.9. The third-order valence-corrected chi connectivity index (χ3v) is 2.02. The predicted molar refractivity (Wildman–Crippen MR) is 43.6 cm³/mol. The van der Waals surface area contributed by atoms with Gasteiger partial charge in [0.05, 0.1) is 6.10 Å². The van der Waals surface area contributed by atoms with Crippen LogP contribution in [0.25, 0.3) is 0 Å². The SMILES string of the molecule is O=C(O)NC(C(=O)N1CC(O)C1)C(F)(F)F. The normalized spacial score (nSPS) is 18.9. The fraction of sp³-hybridized carbons (Fsp3) is 0.714. The Morgan fingerprint density at radius 1 is 1.38 bits per heavy atom. The van der Waals surface area contributed by atoms with Crippen LogP contribution in [0.3, 0.4) is 0 Å². The molecular weight excluding hydrogens is 233 g/mol. The molecule has 9 heteroatoms. The number of hydrogen-bond donors (Lipinski definition) is 3. The van der Waals surface area contributed by atoms with Gasteiger partial charge in [-0.1, -0.05) is 0 Å². The maximum Gasteiger partial charge on any atom is 0.417 e. The summed E-state index contributed by atoms with van der Waals surface area (Å²) in [4.78, 5) is 22.1. The van der Waals surface area contributed by atoms with Crippen LogP contribution in [-0.2, 0) is 4.79 Å². The molecule has 3 N–H and O–H groups in total. The molecular formula is C7H9F3N2O4. The predicted octanol–water partition coefficient (Wildman–Crippen LogP) is -0.612. The van der Waals surface area contributed by atoms with Crippen LogP contribution in [0.1, 0.15) is 0 Å². The zero-order chi connectivity index (χ0) is 12.5. The number of hydrogen-bond acceptors (Lipinski definition) is 3. The van der Waals surface area contributed by atoms with Crippen molar-refractivity contribution < 1.29 is 33.0 Å². The smallest absolute Gasteiger partial charge is 0.417 e. The number of carbonyl (C=O) groups is 2. The maximum absolute atomic E-state index is 12.3. The molecule has 1 atom stereocenters. The fourth-order valence-electron chi connectivity index (χ4n) is 1.22. The maximum atomic E-state index is 12.3. The first kappa shape index (κ1) is 12.6. The number of β-amino-alcohol motifs (C(OH)–C–C–N with tert-alkyl or cyclic N) is 1. The Balaban J connectivity index is 2.69. The van der Waals surface area contributed by atoms with E-state index < -0.39 is 30.3 Å². The van der Waals surface area contributed by atoms with Gasteiger partial charge in [0.1, 0.15) is 0 Å². The van der Waals surface area contributed by atoms with Crippen LogP contribution in [0.4, 0.5) is 18.0 Å². The topological polar surface area (TPSA) is 89.9 Å². The van der Waals surface area contributed by atoms with Gasteiger partial charge in [-0.05, 0) is 0 Å². The van der Waals surface area contributed by atoms with Gasteiger partial charge >= 0.3 is 12.3 Å². The number of carboxylic acid groups (broad SMARTS) is 1. The molecule has 0 saturated carbocycles. The zero-order valence-electron chi connectivity index (χ0n) is 7.86. The molecule has 0 radical (unpaired) electrons. The lowest BCUT2D eigenvalue weighted by molar-refractivity contribution is -0.180. The van der Waals surface area contributed by atoms with E-state index in [1.54, 1.807) is 0 Å². The molecule has 1 fully saturated rings. The van der Waals surface area contributed by atoms with Gasteiger partial charge in [0, 0.05) is 13.1 Å². The standard InChI is InChI=1S/C7H9F3N2O4/c8-7(9,10)4(11-6(15)16)5(14)12-1-3(13)2-12/h3-4,11,13H,1-2H2,(H,15,16). The highest BCUT2D eigenvalue weighted by molar-refractivity contribution is 5.86. The van der Waals surface area contributed by atoms with E-state index >= 15 is 0 Å². The first-order valence-electron chi connectivity index (χ1n) is 4.25. The van der Waals surface area contributed by atoms with Gasteiger partial charge in [0.2, 0.25) is 6.04 Å². The number of likely N-dealkylation sites (tertiary alicyclic amines) is 1. The number of rotatable bonds is 2. The van der Waals surface area contributed by atoms with E-state index in [0.717, 1.165) is 10.2 Å². The van der Waals surface area contributed by atoms with Crippen LogP contribution >= 0.6 is 0 Å². The van der Waals surface area contributed by atoms with Crippen LogP contribution in [0.5, 0.6) is 0 Å². The number of nitrogens with zero attached hydrogens (tertiary/aromatic N) is 1. The second kappa shape index (κ2) is 4.16. The molecule has 1 unspecified atom stereocenters. The molecule has 0 spiro atoms. The van der Waals surface area contributed by atoms with Crippen LogP contribution in [0.15, 0.2) is 0 Å². The van der Waals surface area contributed by atoms with E-state index in [2.05, 4.69) is 0 Å². The van der Waals surface area contributed by atoms with Crippen molar-refractivity contribution in [2.75, 3.05) is 13.1 Å². The van der Waals surface area contributed by atoms with Crippen molar-refractivity contribution in [3.05, 3.63) is 0 Å². The van der Waals surface area contributed by atoms with E-state index in [0.29, 0.717) is 0 Å². The first-order valence-corrected chi connectivity index (χ1v) is 4.25. The molecule has 1 rings (SSSR count). The molecule has 16 heavy (non-hydrogen) atoms. The van der Waals surface area contributed by atoms with Crippen molar-refractivity contribution in [3.63, 3.8) is 0 Å². The summed E-state index contributed by atoms with van der Waals surface area (Å²) in [6.07, 6.45) is -7.77. The van der Waals surface area contributed by atoms with E-state index in [9.17, 15) is 22.8 Å². The lowest BCUT2D eigenvalue weighted by Crippen LogP contribution is -2.62. The quantitative estimate of drug-likeness (QED) is 0.602. The van der Waals surface area contributed by atoms with Crippen molar-refractivity contribution in [2.45, 2.75) is 18.3 Å². The van der Waals surface area contributed by atoms with Crippen molar-refractivity contribution >= 4 is 12.0 Å². The summed E-state index contributed by atoms with van der Waals surface area (Å²) in [6, 6.07) is -2.78. The largest absolute Gasteiger partial charge is 0.465 e. The molecule has 1 aliphatic heterocycles. The lowest BCUT2D eigenvalue weighted by atomic mass is 10.1. The average Bonchev–Trinajstić information content (AvgIpc) is 2.06. The highest BCUT2D eigenvalue weighted by atomic mass is 19.4. The minimum atomic E-state index is -4.99. The minimum absolute atomic E-state index is 0.216. The third-order valence-electron chi connectivity index (χ3n) is 2.02. The summed E-state index contributed by atoms with van der Waals surface area (Å²) >= 11 is 0. The lowest BCUT2D eigenvalue weighted by Gasteiger charge is -2.38. The molecule has 92 valence electrons. The number of aliphatic hydroxyl groups excluding tert-OH is 1. The number of nitrogens with one attached hydrogen (secondary N) is 1. The summed E-state index contributed by atoms with van der Waals surface area (Å²) in [6.45, 7) is -0.431. The number of aliphatic hydroxyl groups is 1. The van der Waals surface area contributed by atoms with E-state index in [-0.39, 0.29) is 13.1 Å². The zero-order valence-corrected chi connectivity index (χ0v) is 7.86. The summed E-state index contributed by atoms with van der Waals surface area (Å²) in [5, 5.41) is 18.1. The molecule has 2 amide bonds. The monoisotopic (exact) mass is 242 g/mol. The van der Waals surface area contributed by atoms with Crippen molar-refractivity contribution in [1.29, 1.82) is 0 Å². The molecule has 1 heterocycles. The van der Waals surface area contributed by atoms with E-state index in [1.165, 1.54) is 0 Å². The molecule has 0 aliphatic carbocycles. The molecule has 0 bridgehead atoms. The number of alkyl halides is 3. The van der Waals surface area contributed by atoms with Gasteiger partial charge in [-0.3, -0.25) is 4.79 Å². The number of carbonyl (C=O) groups excluding carboxylic acids is 1. The van der Waals surface area contributed by atoms with Gasteiger partial charge in [-0.2, -0.15) is 13.2 Å².